The average Bonchev–Trinajstić information content (AvgIpc) is 2.84. The highest BCUT2D eigenvalue weighted by Crippen LogP contribution is 2.36. The molecule has 0 fully saturated rings. The van der Waals surface area contributed by atoms with Gasteiger partial charge in [-0.25, -0.2) is 0 Å². The molecular formula is C19H17N. The van der Waals surface area contributed by atoms with E-state index in [1.165, 1.54) is 49.3 Å². The molecule has 1 nitrogen and oxygen atoms in total. The van der Waals surface area contributed by atoms with E-state index in [0.717, 1.165) is 0 Å². The zero-order chi connectivity index (χ0) is 13.9. The Bertz CT molecular complexity index is 973. The highest BCUT2D eigenvalue weighted by atomic mass is 14.7. The fraction of sp³-hybridized carbons (Fsp3) is 0.158. The first kappa shape index (κ1) is 11.5. The van der Waals surface area contributed by atoms with Crippen LogP contribution in [0.4, 0.5) is 0 Å². The number of hydrogen-bond donors (Lipinski definition) is 1. The van der Waals surface area contributed by atoms with Gasteiger partial charge in [-0.1, -0.05) is 35.9 Å². The maximum absolute atomic E-state index is 3.61. The molecule has 0 spiro atoms. The molecule has 4 aromatic rings. The average molecular weight is 259 g/mol. The van der Waals surface area contributed by atoms with Crippen LogP contribution < -0.4 is 0 Å². The molecule has 0 radical (unpaired) electrons. The van der Waals surface area contributed by atoms with Crippen molar-refractivity contribution in [2.24, 2.45) is 0 Å². The van der Waals surface area contributed by atoms with Gasteiger partial charge in [0.2, 0.25) is 0 Å². The molecule has 0 bridgehead atoms. The first-order chi connectivity index (χ1) is 9.66. The Morgan fingerprint density at radius 3 is 2.20 bits per heavy atom. The summed E-state index contributed by atoms with van der Waals surface area (Å²) in [6.45, 7) is 6.60. The predicted octanol–water partition coefficient (Wildman–Crippen LogP) is 5.40. The maximum Gasteiger partial charge on any atom is 0.0503 e. The van der Waals surface area contributed by atoms with Crippen LogP contribution in [0.5, 0.6) is 0 Å². The van der Waals surface area contributed by atoms with Gasteiger partial charge >= 0.3 is 0 Å². The van der Waals surface area contributed by atoms with Crippen LogP contribution in [0.1, 0.15) is 16.7 Å². The van der Waals surface area contributed by atoms with Crippen LogP contribution in [0.3, 0.4) is 0 Å². The normalized spacial score (nSPS) is 11.8. The molecule has 0 aliphatic rings. The fourth-order valence-electron chi connectivity index (χ4n) is 3.38. The lowest BCUT2D eigenvalue weighted by molar-refractivity contribution is 1.46. The van der Waals surface area contributed by atoms with Crippen molar-refractivity contribution < 1.29 is 0 Å². The molecule has 0 amide bonds. The third-order valence-electron chi connectivity index (χ3n) is 4.44. The van der Waals surface area contributed by atoms with Gasteiger partial charge in [0, 0.05) is 16.3 Å². The quantitative estimate of drug-likeness (QED) is 0.435. The van der Waals surface area contributed by atoms with Crippen molar-refractivity contribution in [3.63, 3.8) is 0 Å². The van der Waals surface area contributed by atoms with Crippen LogP contribution in [0, 0.1) is 20.8 Å². The Balaban J connectivity index is 2.36. The summed E-state index contributed by atoms with van der Waals surface area (Å²) in [4.78, 5) is 3.61. The number of nitrogens with one attached hydrogen (secondary N) is 1. The largest absolute Gasteiger partial charge is 0.354 e. The molecule has 0 saturated heterocycles. The number of benzene rings is 3. The standard InChI is InChI=1S/C19H17N/c1-11-8-9-17-16(10-11)18-12(2)14-6-4-5-7-15(14)13(3)19(18)20-17/h4-10,20H,1-3H3. The van der Waals surface area contributed by atoms with Crippen molar-refractivity contribution in [1.29, 1.82) is 0 Å². The van der Waals surface area contributed by atoms with E-state index in [1.54, 1.807) is 0 Å². The molecule has 4 rings (SSSR count). The molecule has 20 heavy (non-hydrogen) atoms. The fourth-order valence-corrected chi connectivity index (χ4v) is 3.38. The topological polar surface area (TPSA) is 15.8 Å². The van der Waals surface area contributed by atoms with Gasteiger partial charge in [0.05, 0.1) is 5.52 Å². The maximum atomic E-state index is 3.61. The van der Waals surface area contributed by atoms with Crippen molar-refractivity contribution >= 4 is 32.6 Å². The van der Waals surface area contributed by atoms with Crippen molar-refractivity contribution in [2.45, 2.75) is 20.8 Å². The molecule has 1 aromatic heterocycles. The number of aromatic nitrogens is 1. The minimum Gasteiger partial charge on any atom is -0.354 e. The lowest BCUT2D eigenvalue weighted by atomic mass is 9.95. The van der Waals surface area contributed by atoms with E-state index < -0.39 is 0 Å². The van der Waals surface area contributed by atoms with Gasteiger partial charge in [-0.15, -0.1) is 0 Å². The summed E-state index contributed by atoms with van der Waals surface area (Å²) in [6.07, 6.45) is 0. The number of H-pyrrole nitrogens is 1. The van der Waals surface area contributed by atoms with Gasteiger partial charge < -0.3 is 4.98 Å². The lowest BCUT2D eigenvalue weighted by Gasteiger charge is -2.08. The Morgan fingerprint density at radius 1 is 0.750 bits per heavy atom. The van der Waals surface area contributed by atoms with Gasteiger partial charge in [0.25, 0.3) is 0 Å². The lowest BCUT2D eigenvalue weighted by Crippen LogP contribution is -1.86. The minimum atomic E-state index is 1.23. The molecule has 0 unspecified atom stereocenters. The third kappa shape index (κ3) is 1.38. The van der Waals surface area contributed by atoms with E-state index in [1.807, 2.05) is 0 Å². The highest BCUT2D eigenvalue weighted by Gasteiger charge is 2.13. The zero-order valence-corrected chi connectivity index (χ0v) is 12.0. The van der Waals surface area contributed by atoms with Gasteiger partial charge in [-0.05, 0) is 54.8 Å². The van der Waals surface area contributed by atoms with Gasteiger partial charge in [-0.3, -0.25) is 0 Å². The summed E-state index contributed by atoms with van der Waals surface area (Å²) in [5.41, 5.74) is 6.53. The van der Waals surface area contributed by atoms with Crippen LogP contribution in [-0.2, 0) is 0 Å². The van der Waals surface area contributed by atoms with Crippen LogP contribution in [0.2, 0.25) is 0 Å². The summed E-state index contributed by atoms with van der Waals surface area (Å²) in [5.74, 6) is 0. The van der Waals surface area contributed by atoms with Crippen molar-refractivity contribution in [3.8, 4) is 0 Å². The van der Waals surface area contributed by atoms with Crippen molar-refractivity contribution in [1.82, 2.24) is 4.98 Å². The van der Waals surface area contributed by atoms with E-state index in [0.29, 0.717) is 0 Å². The van der Waals surface area contributed by atoms with Crippen LogP contribution in [-0.4, -0.2) is 4.98 Å². The molecule has 0 aliphatic carbocycles. The van der Waals surface area contributed by atoms with Gasteiger partial charge in [-0.2, -0.15) is 0 Å². The molecule has 1 N–H and O–H groups in total. The number of fused-ring (bicyclic) bond motifs is 4. The van der Waals surface area contributed by atoms with Crippen LogP contribution in [0.25, 0.3) is 32.6 Å². The first-order valence-electron chi connectivity index (χ1n) is 7.07. The minimum absolute atomic E-state index is 1.23. The number of aryl methyl sites for hydroxylation is 3. The van der Waals surface area contributed by atoms with Crippen LogP contribution in [0.15, 0.2) is 42.5 Å². The number of hydrogen-bond acceptors (Lipinski definition) is 0. The smallest absolute Gasteiger partial charge is 0.0503 e. The van der Waals surface area contributed by atoms with Crippen LogP contribution >= 0.6 is 0 Å². The summed E-state index contributed by atoms with van der Waals surface area (Å²) < 4.78 is 0. The second kappa shape index (κ2) is 3.86. The Hall–Kier alpha value is -2.28. The summed E-state index contributed by atoms with van der Waals surface area (Å²) in [5, 5.41) is 5.42. The van der Waals surface area contributed by atoms with Crippen molar-refractivity contribution in [3.05, 3.63) is 59.2 Å². The number of rotatable bonds is 0. The second-order valence-corrected chi connectivity index (χ2v) is 5.72. The summed E-state index contributed by atoms with van der Waals surface area (Å²) in [6, 6.07) is 15.3. The summed E-state index contributed by atoms with van der Waals surface area (Å²) in [7, 11) is 0. The SMILES string of the molecule is Cc1ccc2[nH]c3c(C)c4ccccc4c(C)c3c2c1. The molecular weight excluding hydrogens is 242 g/mol. The Morgan fingerprint density at radius 2 is 1.45 bits per heavy atom. The molecule has 0 atom stereocenters. The Labute approximate surface area is 118 Å². The predicted molar refractivity (Wildman–Crippen MR) is 87.5 cm³/mol. The van der Waals surface area contributed by atoms with E-state index in [2.05, 4.69) is 68.2 Å². The molecule has 1 heteroatoms. The number of aromatic amines is 1. The molecule has 3 aromatic carbocycles. The second-order valence-electron chi connectivity index (χ2n) is 5.72. The molecule has 1 heterocycles. The van der Waals surface area contributed by atoms with E-state index in [-0.39, 0.29) is 0 Å². The molecule has 0 aliphatic heterocycles. The third-order valence-corrected chi connectivity index (χ3v) is 4.44. The zero-order valence-electron chi connectivity index (χ0n) is 12.0. The van der Waals surface area contributed by atoms with E-state index >= 15 is 0 Å². The van der Waals surface area contributed by atoms with Gasteiger partial charge in [0.15, 0.2) is 0 Å². The molecule has 0 saturated carbocycles. The first-order valence-corrected chi connectivity index (χ1v) is 7.07. The van der Waals surface area contributed by atoms with Crippen molar-refractivity contribution in [2.75, 3.05) is 0 Å². The highest BCUT2D eigenvalue weighted by molar-refractivity contribution is 6.16. The van der Waals surface area contributed by atoms with E-state index in [4.69, 9.17) is 0 Å². The van der Waals surface area contributed by atoms with Gasteiger partial charge in [0.1, 0.15) is 0 Å². The monoisotopic (exact) mass is 259 g/mol. The summed E-state index contributed by atoms with van der Waals surface area (Å²) >= 11 is 0. The van der Waals surface area contributed by atoms with E-state index in [9.17, 15) is 0 Å². The molecule has 98 valence electrons. The Kier molecular flexibility index (Phi) is 2.23.